The van der Waals surface area contributed by atoms with E-state index in [1.807, 2.05) is 21.1 Å². The average Bonchev–Trinajstić information content (AvgIpc) is 3.06. The molecule has 2 unspecified atom stereocenters. The van der Waals surface area contributed by atoms with E-state index in [1.54, 1.807) is 0 Å². The molecule has 0 saturated heterocycles. The van der Waals surface area contributed by atoms with Gasteiger partial charge in [-0.2, -0.15) is 0 Å². The largest absolute Gasteiger partial charge is 0.477 e. The summed E-state index contributed by atoms with van der Waals surface area (Å²) in [5.41, 5.74) is 0. The Bertz CT molecular complexity index is 1010. The summed E-state index contributed by atoms with van der Waals surface area (Å²) in [4.78, 5) is 36.8. The lowest BCUT2D eigenvalue weighted by Gasteiger charge is -2.31. The monoisotopic (exact) mass is 703 g/mol. The Labute approximate surface area is 305 Å². The molecule has 0 aliphatic carbocycles. The number of ether oxygens (including phenoxy) is 3. The van der Waals surface area contributed by atoms with E-state index in [0.29, 0.717) is 19.3 Å². The Kier molecular flexibility index (Phi) is 31.2. The minimum absolute atomic E-state index is 0.0429. The molecule has 0 bridgehead atoms. The fourth-order valence-electron chi connectivity index (χ4n) is 5.20. The number of carbonyl (C=O) groups is 3. The third-order valence-corrected chi connectivity index (χ3v) is 8.16. The van der Waals surface area contributed by atoms with Crippen molar-refractivity contribution in [3.05, 3.63) is 60.8 Å². The van der Waals surface area contributed by atoms with E-state index in [2.05, 4.69) is 74.6 Å². The van der Waals surface area contributed by atoms with Crippen molar-refractivity contribution in [2.45, 2.75) is 148 Å². The summed E-state index contributed by atoms with van der Waals surface area (Å²) in [5, 5.41) is 9.58. The molecule has 0 spiro atoms. The van der Waals surface area contributed by atoms with Gasteiger partial charge in [0.05, 0.1) is 34.4 Å². The number of likely N-dealkylation sites (N-methyl/N-ethyl adjacent to an activating group) is 1. The summed E-state index contributed by atoms with van der Waals surface area (Å²) in [5.74, 6) is -1.54. The predicted molar refractivity (Wildman–Crippen MR) is 206 cm³/mol. The summed E-state index contributed by atoms with van der Waals surface area (Å²) in [6.45, 7) is 4.44. The van der Waals surface area contributed by atoms with Crippen molar-refractivity contribution in [2.75, 3.05) is 41.0 Å². The molecule has 0 aliphatic rings. The van der Waals surface area contributed by atoms with E-state index in [4.69, 9.17) is 14.2 Å². The van der Waals surface area contributed by atoms with E-state index in [9.17, 15) is 19.5 Å². The molecule has 1 N–H and O–H groups in total. The van der Waals surface area contributed by atoms with Gasteiger partial charge in [-0.1, -0.05) is 107 Å². The lowest BCUT2D eigenvalue weighted by atomic mass is 10.1. The summed E-state index contributed by atoms with van der Waals surface area (Å²) in [7, 11) is 5.49. The van der Waals surface area contributed by atoms with Gasteiger partial charge in [-0.05, 0) is 70.6 Å². The zero-order valence-corrected chi connectivity index (χ0v) is 32.3. The van der Waals surface area contributed by atoms with Gasteiger partial charge in [-0.15, -0.1) is 0 Å². The highest BCUT2D eigenvalue weighted by Crippen LogP contribution is 2.13. The van der Waals surface area contributed by atoms with Crippen LogP contribution in [-0.4, -0.2) is 80.6 Å². The van der Waals surface area contributed by atoms with Gasteiger partial charge in [-0.25, -0.2) is 4.79 Å². The molecule has 0 radical (unpaired) electrons. The SMILES string of the molecule is CC/C=C/C/C=C/C/C=C/CCCCC(=O)OCC(COCCC(C(=O)O)[N+](C)(C)C)OC(=O)CCCCCCCCC/C=C/C/C=C/CC. The van der Waals surface area contributed by atoms with Gasteiger partial charge in [0.15, 0.2) is 12.1 Å². The molecule has 8 nitrogen and oxygen atoms in total. The lowest BCUT2D eigenvalue weighted by molar-refractivity contribution is -0.887. The fourth-order valence-corrected chi connectivity index (χ4v) is 5.20. The van der Waals surface area contributed by atoms with Gasteiger partial charge in [0.1, 0.15) is 6.61 Å². The van der Waals surface area contributed by atoms with Crippen molar-refractivity contribution in [1.29, 1.82) is 0 Å². The van der Waals surface area contributed by atoms with Crippen LogP contribution in [0.15, 0.2) is 60.8 Å². The molecule has 0 aromatic rings. The smallest absolute Gasteiger partial charge is 0.362 e. The Morgan fingerprint density at radius 2 is 1.06 bits per heavy atom. The van der Waals surface area contributed by atoms with Crippen LogP contribution >= 0.6 is 0 Å². The minimum atomic E-state index is -0.885. The van der Waals surface area contributed by atoms with Crippen LogP contribution < -0.4 is 0 Å². The van der Waals surface area contributed by atoms with Crippen molar-refractivity contribution in [2.24, 2.45) is 0 Å². The van der Waals surface area contributed by atoms with Gasteiger partial charge < -0.3 is 23.8 Å². The maximum Gasteiger partial charge on any atom is 0.362 e. The molecule has 0 aromatic heterocycles. The summed E-state index contributed by atoms with van der Waals surface area (Å²) >= 11 is 0. The quantitative estimate of drug-likeness (QED) is 0.0315. The van der Waals surface area contributed by atoms with Crippen LogP contribution in [0.1, 0.15) is 136 Å². The topological polar surface area (TPSA) is 99.1 Å². The molecular weight excluding hydrogens is 630 g/mol. The average molecular weight is 703 g/mol. The van der Waals surface area contributed by atoms with Gasteiger partial charge >= 0.3 is 17.9 Å². The number of rotatable bonds is 33. The van der Waals surface area contributed by atoms with Crippen molar-refractivity contribution < 1.29 is 38.2 Å². The minimum Gasteiger partial charge on any atom is -0.477 e. The lowest BCUT2D eigenvalue weighted by Crippen LogP contribution is -2.50. The number of aliphatic carboxylic acids is 1. The number of hydrogen-bond donors (Lipinski definition) is 1. The zero-order valence-electron chi connectivity index (χ0n) is 32.3. The molecule has 0 aliphatic heterocycles. The molecule has 2 atom stereocenters. The highest BCUT2D eigenvalue weighted by molar-refractivity contribution is 5.72. The number of carboxylic acid groups (broad SMARTS) is 1. The third kappa shape index (κ3) is 31.0. The Morgan fingerprint density at radius 3 is 1.60 bits per heavy atom. The van der Waals surface area contributed by atoms with E-state index in [-0.39, 0.29) is 36.2 Å². The van der Waals surface area contributed by atoms with Gasteiger partial charge in [0, 0.05) is 19.3 Å². The van der Waals surface area contributed by atoms with Crippen LogP contribution in [0.4, 0.5) is 0 Å². The molecule has 0 aromatic carbocycles. The number of carboxylic acids is 1. The number of quaternary nitrogens is 1. The standard InChI is InChI=1S/C42H71NO7/c1-6-8-10-12-14-16-18-20-21-23-25-27-29-31-33-41(45)50-38(36-48-35-34-39(42(46)47)43(3,4)5)37-49-40(44)32-30-28-26-24-22-19-17-15-13-11-9-7-2/h8-11,14-17,22,24,38-39H,6-7,12-13,18-21,23,25-37H2,1-5H3/p+1/b10-8+,11-9+,16-14+,17-15+,24-22+. The summed E-state index contributed by atoms with van der Waals surface area (Å²) in [6, 6.07) is -0.622. The Morgan fingerprint density at radius 1 is 0.600 bits per heavy atom. The second-order valence-corrected chi connectivity index (χ2v) is 13.8. The second-order valence-electron chi connectivity index (χ2n) is 13.8. The molecule has 50 heavy (non-hydrogen) atoms. The van der Waals surface area contributed by atoms with Crippen LogP contribution in [0.3, 0.4) is 0 Å². The van der Waals surface area contributed by atoms with Crippen LogP contribution in [0, 0.1) is 0 Å². The first-order chi connectivity index (χ1) is 24.1. The number of allylic oxidation sites excluding steroid dienone is 10. The maximum absolute atomic E-state index is 12.7. The third-order valence-electron chi connectivity index (χ3n) is 8.16. The van der Waals surface area contributed by atoms with Crippen molar-refractivity contribution in [1.82, 2.24) is 0 Å². The Hall–Kier alpha value is -2.97. The number of esters is 2. The first-order valence-electron chi connectivity index (χ1n) is 19.3. The van der Waals surface area contributed by atoms with E-state index < -0.39 is 18.1 Å². The second kappa shape index (κ2) is 33.2. The fraction of sp³-hybridized carbons (Fsp3) is 0.690. The van der Waals surface area contributed by atoms with Crippen LogP contribution in [0.2, 0.25) is 0 Å². The molecule has 0 fully saturated rings. The number of nitrogens with zero attached hydrogens (tertiary/aromatic N) is 1. The summed E-state index contributed by atoms with van der Waals surface area (Å²) < 4.78 is 17.1. The maximum atomic E-state index is 12.7. The van der Waals surface area contributed by atoms with Crippen molar-refractivity contribution in [3.63, 3.8) is 0 Å². The van der Waals surface area contributed by atoms with E-state index in [1.165, 1.54) is 25.7 Å². The number of unbranched alkanes of at least 4 members (excludes halogenated alkanes) is 9. The molecule has 0 saturated carbocycles. The van der Waals surface area contributed by atoms with Crippen LogP contribution in [0.5, 0.6) is 0 Å². The zero-order chi connectivity index (χ0) is 37.1. The first-order valence-corrected chi connectivity index (χ1v) is 19.3. The van der Waals surface area contributed by atoms with Crippen molar-refractivity contribution >= 4 is 17.9 Å². The van der Waals surface area contributed by atoms with Gasteiger partial charge in [0.2, 0.25) is 0 Å². The number of carbonyl (C=O) groups excluding carboxylic acids is 2. The summed E-state index contributed by atoms with van der Waals surface area (Å²) in [6.07, 6.45) is 38.4. The predicted octanol–water partition coefficient (Wildman–Crippen LogP) is 9.85. The first kappa shape index (κ1) is 47.0. The van der Waals surface area contributed by atoms with Gasteiger partial charge in [-0.3, -0.25) is 9.59 Å². The van der Waals surface area contributed by atoms with E-state index in [0.717, 1.165) is 77.0 Å². The van der Waals surface area contributed by atoms with Crippen LogP contribution in [0.25, 0.3) is 0 Å². The molecule has 0 amide bonds. The molecule has 0 rings (SSSR count). The molecule has 8 heteroatoms. The molecule has 0 heterocycles. The molecule has 286 valence electrons. The van der Waals surface area contributed by atoms with Crippen LogP contribution in [-0.2, 0) is 28.6 Å². The molecular formula is C42H72NO7+. The highest BCUT2D eigenvalue weighted by Gasteiger charge is 2.31. The van der Waals surface area contributed by atoms with Crippen molar-refractivity contribution in [3.8, 4) is 0 Å². The Balaban J connectivity index is 4.49. The highest BCUT2D eigenvalue weighted by atomic mass is 16.6. The normalized spacial score (nSPS) is 13.7. The number of hydrogen-bond acceptors (Lipinski definition) is 6. The van der Waals surface area contributed by atoms with E-state index >= 15 is 0 Å². The van der Waals surface area contributed by atoms with Gasteiger partial charge in [0.25, 0.3) is 0 Å².